The number of nitrogens with zero attached hydrogens (tertiary/aromatic N) is 1. The summed E-state index contributed by atoms with van der Waals surface area (Å²) in [7, 11) is 0. The molecule has 1 heterocycles. The smallest absolute Gasteiger partial charge is 0.275 e. The Bertz CT molecular complexity index is 650. The first-order chi connectivity index (χ1) is 12.2. The Hall–Kier alpha value is -2.21. The summed E-state index contributed by atoms with van der Waals surface area (Å²) in [6.07, 6.45) is 4.10. The van der Waals surface area contributed by atoms with Gasteiger partial charge in [-0.05, 0) is 44.5 Å². The van der Waals surface area contributed by atoms with E-state index in [1.807, 2.05) is 25.7 Å². The van der Waals surface area contributed by atoms with Crippen LogP contribution in [0.4, 0.5) is 4.39 Å². The summed E-state index contributed by atoms with van der Waals surface area (Å²) < 4.78 is 12.9. The number of amides is 2. The Morgan fingerprint density at radius 3 is 2.54 bits per heavy atom. The third-order valence-electron chi connectivity index (χ3n) is 4.22. The molecule has 0 saturated carbocycles. The highest BCUT2D eigenvalue weighted by Gasteiger charge is 2.23. The highest BCUT2D eigenvalue weighted by atomic mass is 19.1. The molecule has 0 spiro atoms. The first-order valence-corrected chi connectivity index (χ1v) is 9.10. The maximum atomic E-state index is 12.9. The largest absolute Gasteiger partial charge is 0.347 e. The monoisotopic (exact) mass is 362 g/mol. The van der Waals surface area contributed by atoms with Gasteiger partial charge in [0.25, 0.3) is 5.91 Å². The van der Waals surface area contributed by atoms with Crippen molar-refractivity contribution in [1.82, 2.24) is 10.2 Å². The number of hydrogen-bond donors (Lipinski definition) is 2. The van der Waals surface area contributed by atoms with E-state index in [4.69, 9.17) is 0 Å². The topological polar surface area (TPSA) is 53.9 Å². The standard InChI is InChI=1S/C20H28FN3O2/c1-20(2,3)22-18(25)15-23-11-4-12-24(14-13-23)19(26)10-7-16-5-8-17(21)9-6-16/h5-10H,4,11-15H2,1-3H3,(H,22,25)/p+1/b10-7+. The van der Waals surface area contributed by atoms with Gasteiger partial charge in [0.15, 0.2) is 6.54 Å². The lowest BCUT2D eigenvalue weighted by atomic mass is 10.1. The van der Waals surface area contributed by atoms with Crippen molar-refractivity contribution in [3.63, 3.8) is 0 Å². The Kier molecular flexibility index (Phi) is 6.91. The van der Waals surface area contributed by atoms with E-state index in [2.05, 4.69) is 5.32 Å². The molecule has 1 aromatic rings. The summed E-state index contributed by atoms with van der Waals surface area (Å²) in [6, 6.07) is 6.03. The van der Waals surface area contributed by atoms with E-state index in [0.29, 0.717) is 19.6 Å². The summed E-state index contributed by atoms with van der Waals surface area (Å²) in [5.41, 5.74) is 0.566. The molecule has 1 saturated heterocycles. The summed E-state index contributed by atoms with van der Waals surface area (Å²) in [6.45, 7) is 9.30. The van der Waals surface area contributed by atoms with E-state index in [-0.39, 0.29) is 23.2 Å². The molecule has 1 aliphatic heterocycles. The van der Waals surface area contributed by atoms with Crippen LogP contribution in [-0.2, 0) is 9.59 Å². The maximum absolute atomic E-state index is 12.9. The SMILES string of the molecule is CC(C)(C)NC(=O)C[NH+]1CCCN(C(=O)/C=C/c2ccc(F)cc2)CC1. The number of quaternary nitrogens is 1. The first-order valence-electron chi connectivity index (χ1n) is 9.10. The zero-order valence-corrected chi connectivity index (χ0v) is 15.8. The minimum absolute atomic E-state index is 0.0449. The molecule has 6 heteroatoms. The van der Waals surface area contributed by atoms with Gasteiger partial charge in [-0.3, -0.25) is 9.59 Å². The summed E-state index contributed by atoms with van der Waals surface area (Å²) >= 11 is 0. The van der Waals surface area contributed by atoms with Gasteiger partial charge in [-0.1, -0.05) is 12.1 Å². The number of rotatable bonds is 4. The summed E-state index contributed by atoms with van der Waals surface area (Å²) in [5, 5.41) is 2.99. The minimum Gasteiger partial charge on any atom is -0.347 e. The second-order valence-corrected chi connectivity index (χ2v) is 7.79. The molecule has 1 atom stereocenters. The Labute approximate surface area is 154 Å². The highest BCUT2D eigenvalue weighted by Crippen LogP contribution is 2.05. The third-order valence-corrected chi connectivity index (χ3v) is 4.22. The second-order valence-electron chi connectivity index (χ2n) is 7.79. The van der Waals surface area contributed by atoms with Gasteiger partial charge < -0.3 is 15.1 Å². The molecule has 0 aliphatic carbocycles. The third kappa shape index (κ3) is 6.96. The van der Waals surface area contributed by atoms with Gasteiger partial charge >= 0.3 is 0 Å². The predicted molar refractivity (Wildman–Crippen MR) is 100 cm³/mol. The fourth-order valence-electron chi connectivity index (χ4n) is 2.98. The molecule has 142 valence electrons. The number of nitrogens with one attached hydrogen (secondary N) is 2. The molecule has 1 fully saturated rings. The molecule has 1 aliphatic rings. The van der Waals surface area contributed by atoms with E-state index in [0.717, 1.165) is 25.1 Å². The summed E-state index contributed by atoms with van der Waals surface area (Å²) in [4.78, 5) is 27.5. The first kappa shape index (κ1) is 20.1. The molecule has 0 aromatic heterocycles. The van der Waals surface area contributed by atoms with E-state index in [1.165, 1.54) is 23.1 Å². The molecule has 26 heavy (non-hydrogen) atoms. The lowest BCUT2D eigenvalue weighted by Crippen LogP contribution is -3.13. The molecular weight excluding hydrogens is 333 g/mol. The summed E-state index contributed by atoms with van der Waals surface area (Å²) in [5.74, 6) is -0.294. The molecule has 2 rings (SSSR count). The van der Waals surface area contributed by atoms with Crippen molar-refractivity contribution < 1.29 is 18.9 Å². The van der Waals surface area contributed by atoms with Gasteiger partial charge in [0.1, 0.15) is 5.82 Å². The van der Waals surface area contributed by atoms with Gasteiger partial charge in [-0.15, -0.1) is 0 Å². The van der Waals surface area contributed by atoms with Crippen LogP contribution in [0.3, 0.4) is 0 Å². The van der Waals surface area contributed by atoms with Crippen LogP contribution in [0.25, 0.3) is 6.08 Å². The molecule has 5 nitrogen and oxygen atoms in total. The van der Waals surface area contributed by atoms with Crippen molar-refractivity contribution in [3.8, 4) is 0 Å². The zero-order valence-electron chi connectivity index (χ0n) is 15.8. The zero-order chi connectivity index (χ0) is 19.2. The van der Waals surface area contributed by atoms with Gasteiger partial charge in [0.2, 0.25) is 5.91 Å². The number of halogens is 1. The Morgan fingerprint density at radius 1 is 1.19 bits per heavy atom. The molecule has 1 aromatic carbocycles. The Morgan fingerprint density at radius 2 is 1.88 bits per heavy atom. The predicted octanol–water partition coefficient (Wildman–Crippen LogP) is 0.871. The number of benzene rings is 1. The molecule has 2 amide bonds. The molecule has 0 bridgehead atoms. The number of carbonyl (C=O) groups excluding carboxylic acids is 2. The van der Waals surface area contributed by atoms with Crippen molar-refractivity contribution in [1.29, 1.82) is 0 Å². The second kappa shape index (κ2) is 8.94. The number of hydrogen-bond acceptors (Lipinski definition) is 2. The van der Waals surface area contributed by atoms with E-state index in [1.54, 1.807) is 18.2 Å². The van der Waals surface area contributed by atoms with E-state index < -0.39 is 0 Å². The normalized spacial score (nSPS) is 18.6. The van der Waals surface area contributed by atoms with E-state index in [9.17, 15) is 14.0 Å². The fourth-order valence-corrected chi connectivity index (χ4v) is 2.98. The molecule has 2 N–H and O–H groups in total. The van der Waals surface area contributed by atoms with Gasteiger partial charge in [-0.25, -0.2) is 4.39 Å². The minimum atomic E-state index is -0.292. The average Bonchev–Trinajstić information content (AvgIpc) is 2.78. The van der Waals surface area contributed by atoms with Crippen molar-refractivity contribution in [2.75, 3.05) is 32.7 Å². The van der Waals surface area contributed by atoms with Gasteiger partial charge in [-0.2, -0.15) is 0 Å². The quantitative estimate of drug-likeness (QED) is 0.781. The van der Waals surface area contributed by atoms with Crippen LogP contribution in [0.15, 0.2) is 30.3 Å². The lowest BCUT2D eigenvalue weighted by Gasteiger charge is -2.23. The van der Waals surface area contributed by atoms with Crippen LogP contribution in [0, 0.1) is 5.82 Å². The van der Waals surface area contributed by atoms with Gasteiger partial charge in [0.05, 0.1) is 19.6 Å². The van der Waals surface area contributed by atoms with Crippen molar-refractivity contribution >= 4 is 17.9 Å². The van der Waals surface area contributed by atoms with Crippen LogP contribution in [-0.4, -0.2) is 55.0 Å². The van der Waals surface area contributed by atoms with Crippen molar-refractivity contribution in [3.05, 3.63) is 41.7 Å². The molecule has 1 unspecified atom stereocenters. The van der Waals surface area contributed by atoms with Crippen LogP contribution in [0.1, 0.15) is 32.8 Å². The van der Waals surface area contributed by atoms with Crippen molar-refractivity contribution in [2.45, 2.75) is 32.7 Å². The average molecular weight is 362 g/mol. The van der Waals surface area contributed by atoms with Crippen LogP contribution in [0.5, 0.6) is 0 Å². The highest BCUT2D eigenvalue weighted by molar-refractivity contribution is 5.91. The molecular formula is C20H29FN3O2+. The van der Waals surface area contributed by atoms with Crippen LogP contribution >= 0.6 is 0 Å². The lowest BCUT2D eigenvalue weighted by molar-refractivity contribution is -0.889. The maximum Gasteiger partial charge on any atom is 0.275 e. The fraction of sp³-hybridized carbons (Fsp3) is 0.500. The van der Waals surface area contributed by atoms with Crippen LogP contribution in [0.2, 0.25) is 0 Å². The van der Waals surface area contributed by atoms with Gasteiger partial charge in [0, 0.05) is 24.6 Å². The molecule has 0 radical (unpaired) electrons. The van der Waals surface area contributed by atoms with E-state index >= 15 is 0 Å². The Balaban J connectivity index is 1.84. The van der Waals surface area contributed by atoms with Crippen molar-refractivity contribution in [2.24, 2.45) is 0 Å². The van der Waals surface area contributed by atoms with Crippen LogP contribution < -0.4 is 10.2 Å². The number of carbonyl (C=O) groups is 2.